The van der Waals surface area contributed by atoms with Crippen molar-refractivity contribution < 1.29 is 14.6 Å². The Balaban J connectivity index is 0.000000201. The van der Waals surface area contributed by atoms with E-state index in [-0.39, 0.29) is 5.97 Å². The van der Waals surface area contributed by atoms with Crippen LogP contribution in [0.15, 0.2) is 78.9 Å². The van der Waals surface area contributed by atoms with Crippen LogP contribution >= 0.6 is 0 Å². The van der Waals surface area contributed by atoms with Gasteiger partial charge in [-0.25, -0.2) is 4.79 Å². The maximum absolute atomic E-state index is 12.2. The van der Waals surface area contributed by atoms with Crippen LogP contribution in [-0.4, -0.2) is 36.2 Å². The average Bonchev–Trinajstić information content (AvgIpc) is 2.99. The molecule has 40 heavy (non-hydrogen) atoms. The van der Waals surface area contributed by atoms with Crippen molar-refractivity contribution in [3.05, 3.63) is 95.6 Å². The second-order valence-electron chi connectivity index (χ2n) is 11.0. The molecule has 0 amide bonds. The van der Waals surface area contributed by atoms with E-state index in [1.807, 2.05) is 48.5 Å². The number of hydrogen-bond acceptors (Lipinski definition) is 5. The highest BCUT2D eigenvalue weighted by molar-refractivity contribution is 5.90. The summed E-state index contributed by atoms with van der Waals surface area (Å²) in [5, 5.41) is 16.7. The number of rotatable bonds is 8. The first-order valence-electron chi connectivity index (χ1n) is 15.2. The lowest BCUT2D eigenvalue weighted by atomic mass is 9.80. The summed E-state index contributed by atoms with van der Waals surface area (Å²) in [6.07, 6.45) is 10.1. The van der Waals surface area contributed by atoms with Crippen LogP contribution in [0, 0.1) is 0 Å². The van der Waals surface area contributed by atoms with Crippen molar-refractivity contribution in [2.75, 3.05) is 13.1 Å². The molecule has 0 heterocycles. The van der Waals surface area contributed by atoms with Crippen LogP contribution in [0.1, 0.15) is 98.5 Å². The molecule has 5 rings (SSSR count). The third kappa shape index (κ3) is 8.42. The fourth-order valence-corrected chi connectivity index (χ4v) is 6.38. The molecule has 5 nitrogen and oxygen atoms in total. The average molecular weight is 543 g/mol. The first-order chi connectivity index (χ1) is 19.6. The Bertz CT molecular complexity index is 1180. The van der Waals surface area contributed by atoms with Gasteiger partial charge in [-0.05, 0) is 98.1 Å². The molecule has 2 saturated carbocycles. The number of phenols is 1. The predicted octanol–water partition coefficient (Wildman–Crippen LogP) is 7.57. The first kappa shape index (κ1) is 29.8. The number of hydrogen-bond donors (Lipinski definition) is 3. The number of aromatic hydroxyl groups is 1. The summed E-state index contributed by atoms with van der Waals surface area (Å²) in [4.78, 5) is 12.2. The Hall–Kier alpha value is -3.15. The number of esters is 1. The van der Waals surface area contributed by atoms with Crippen LogP contribution in [0.2, 0.25) is 0 Å². The molecule has 0 spiro atoms. The highest BCUT2D eigenvalue weighted by atomic mass is 16.5. The Labute approximate surface area is 240 Å². The molecular formula is C35H46N2O3. The smallest absolute Gasteiger partial charge is 0.343 e. The van der Waals surface area contributed by atoms with Crippen molar-refractivity contribution >= 4 is 5.97 Å². The summed E-state index contributed by atoms with van der Waals surface area (Å²) in [7, 11) is 0. The van der Waals surface area contributed by atoms with Gasteiger partial charge in [-0.3, -0.25) is 0 Å². The Morgan fingerprint density at radius 3 is 1.85 bits per heavy atom. The number of nitrogens with one attached hydrogen (secondary N) is 2. The molecule has 0 unspecified atom stereocenters. The van der Waals surface area contributed by atoms with Gasteiger partial charge in [0, 0.05) is 12.1 Å². The maximum Gasteiger partial charge on any atom is 0.343 e. The van der Waals surface area contributed by atoms with Crippen molar-refractivity contribution in [1.29, 1.82) is 0 Å². The first-order valence-corrected chi connectivity index (χ1v) is 15.2. The van der Waals surface area contributed by atoms with Crippen LogP contribution in [0.25, 0.3) is 0 Å². The Kier molecular flexibility index (Phi) is 11.6. The second-order valence-corrected chi connectivity index (χ2v) is 11.0. The number of carbonyl (C=O) groups excluding carboxylic acids is 1. The summed E-state index contributed by atoms with van der Waals surface area (Å²) in [5.74, 6) is 1.77. The van der Waals surface area contributed by atoms with E-state index in [0.717, 1.165) is 13.1 Å². The lowest BCUT2D eigenvalue weighted by molar-refractivity contribution is 0.0734. The predicted molar refractivity (Wildman–Crippen MR) is 163 cm³/mol. The topological polar surface area (TPSA) is 70.6 Å². The number of carbonyl (C=O) groups is 1. The molecule has 2 fully saturated rings. The zero-order chi connectivity index (χ0) is 28.2. The van der Waals surface area contributed by atoms with E-state index in [4.69, 9.17) is 4.74 Å². The molecule has 0 aliphatic heterocycles. The van der Waals surface area contributed by atoms with E-state index in [1.54, 1.807) is 18.2 Å². The zero-order valence-electron chi connectivity index (χ0n) is 24.1. The molecule has 0 aromatic heterocycles. The van der Waals surface area contributed by atoms with Crippen molar-refractivity contribution in [1.82, 2.24) is 10.6 Å². The lowest BCUT2D eigenvalue weighted by Crippen LogP contribution is -2.37. The normalized spacial score (nSPS) is 22.6. The van der Waals surface area contributed by atoms with Gasteiger partial charge in [0.15, 0.2) is 0 Å². The van der Waals surface area contributed by atoms with E-state index in [2.05, 4.69) is 36.6 Å². The van der Waals surface area contributed by atoms with Gasteiger partial charge in [0.25, 0.3) is 0 Å². The quantitative estimate of drug-likeness (QED) is 0.202. The summed E-state index contributed by atoms with van der Waals surface area (Å²) < 4.78 is 5.57. The molecule has 3 aromatic carbocycles. The lowest BCUT2D eigenvalue weighted by Gasteiger charge is -2.32. The van der Waals surface area contributed by atoms with Crippen molar-refractivity contribution in [2.45, 2.75) is 89.1 Å². The number of phenolic OH excluding ortho intramolecular Hbond substituents is 1. The molecular weight excluding hydrogens is 496 g/mol. The van der Waals surface area contributed by atoms with Crippen LogP contribution in [0.4, 0.5) is 0 Å². The van der Waals surface area contributed by atoms with Gasteiger partial charge in [-0.15, -0.1) is 0 Å². The van der Waals surface area contributed by atoms with Crippen LogP contribution < -0.4 is 15.4 Å². The minimum Gasteiger partial charge on any atom is -0.508 e. The molecule has 3 aromatic rings. The van der Waals surface area contributed by atoms with Crippen molar-refractivity contribution in [3.8, 4) is 11.5 Å². The highest BCUT2D eigenvalue weighted by Gasteiger charge is 2.27. The fraction of sp³-hybridized carbons (Fsp3) is 0.457. The molecule has 2 aliphatic rings. The number of likely N-dealkylation sites (N-methyl/N-ethyl adjacent to an activating group) is 2. The van der Waals surface area contributed by atoms with Gasteiger partial charge >= 0.3 is 5.97 Å². The minimum absolute atomic E-state index is 0.306. The van der Waals surface area contributed by atoms with Gasteiger partial charge < -0.3 is 20.5 Å². The van der Waals surface area contributed by atoms with Crippen molar-refractivity contribution in [2.24, 2.45) is 0 Å². The van der Waals surface area contributed by atoms with E-state index in [0.29, 0.717) is 41.0 Å². The van der Waals surface area contributed by atoms with Gasteiger partial charge in [0.2, 0.25) is 0 Å². The van der Waals surface area contributed by atoms with E-state index < -0.39 is 0 Å². The Morgan fingerprint density at radius 2 is 1.27 bits per heavy atom. The van der Waals surface area contributed by atoms with E-state index in [9.17, 15) is 9.90 Å². The molecule has 0 bridgehead atoms. The third-order valence-electron chi connectivity index (χ3n) is 8.27. The van der Waals surface area contributed by atoms with Crippen LogP contribution in [-0.2, 0) is 0 Å². The summed E-state index contributed by atoms with van der Waals surface area (Å²) in [6.45, 7) is 6.34. The standard InChI is InChI=1S/C21H25NO2.C14H21NO/c1-2-22-20-14-7-6-13-19(20)17-11-8-12-18(15-17)24-21(23)16-9-4-3-5-10-16;1-2-15-14-9-4-3-8-13(14)11-6-5-7-12(16)10-11/h3-5,8-12,15,19-20,22H,2,6-7,13-14H2,1H3;5-7,10,13-16H,2-4,8-9H2,1H3/t19-,20+;13-,14+/m11/s1. The zero-order valence-corrected chi connectivity index (χ0v) is 24.1. The van der Waals surface area contributed by atoms with E-state index in [1.165, 1.54) is 62.5 Å². The van der Waals surface area contributed by atoms with Crippen molar-refractivity contribution in [3.63, 3.8) is 0 Å². The minimum atomic E-state index is -0.306. The van der Waals surface area contributed by atoms with E-state index >= 15 is 0 Å². The van der Waals surface area contributed by atoms with Gasteiger partial charge in [-0.1, -0.05) is 82.0 Å². The second kappa shape index (κ2) is 15.6. The third-order valence-corrected chi connectivity index (χ3v) is 8.27. The van der Waals surface area contributed by atoms with Gasteiger partial charge in [0.05, 0.1) is 5.56 Å². The molecule has 0 radical (unpaired) electrons. The summed E-state index contributed by atoms with van der Waals surface area (Å²) >= 11 is 0. The molecule has 3 N–H and O–H groups in total. The molecule has 5 heteroatoms. The van der Waals surface area contributed by atoms with Crippen LogP contribution in [0.3, 0.4) is 0 Å². The monoisotopic (exact) mass is 542 g/mol. The number of ether oxygens (including phenoxy) is 1. The summed E-state index contributed by atoms with van der Waals surface area (Å²) in [5.41, 5.74) is 3.12. The maximum atomic E-state index is 12.2. The molecule has 214 valence electrons. The fourth-order valence-electron chi connectivity index (χ4n) is 6.38. The SMILES string of the molecule is CCN[C@H]1CCCC[C@@H]1c1cccc(O)c1.CCN[C@H]1CCCC[C@@H]1c1cccc(OC(=O)c2ccccc2)c1. The number of benzene rings is 3. The molecule has 4 atom stereocenters. The summed E-state index contributed by atoms with van der Waals surface area (Å²) in [6, 6.07) is 26.0. The molecule has 2 aliphatic carbocycles. The van der Waals surface area contributed by atoms with Gasteiger partial charge in [0.1, 0.15) is 11.5 Å². The Morgan fingerprint density at radius 1 is 0.725 bits per heavy atom. The highest BCUT2D eigenvalue weighted by Crippen LogP contribution is 2.35. The largest absolute Gasteiger partial charge is 0.508 e. The molecule has 0 saturated heterocycles. The van der Waals surface area contributed by atoms with Gasteiger partial charge in [-0.2, -0.15) is 0 Å². The van der Waals surface area contributed by atoms with Crippen LogP contribution in [0.5, 0.6) is 11.5 Å².